The molecule has 0 saturated carbocycles. The molecule has 0 saturated heterocycles. The summed E-state index contributed by atoms with van der Waals surface area (Å²) < 4.78 is 18.8. The number of aromatic carboxylic acids is 1. The van der Waals surface area contributed by atoms with E-state index in [4.69, 9.17) is 13.9 Å². The molecule has 5 rings (SSSR count). The molecule has 2 aromatic carbocycles. The van der Waals surface area contributed by atoms with Crippen LogP contribution in [0.5, 0.6) is 5.75 Å². The molecule has 0 bridgehead atoms. The molecule has 1 aliphatic heterocycles. The van der Waals surface area contributed by atoms with Crippen LogP contribution in [0.25, 0.3) is 17.4 Å². The lowest BCUT2D eigenvalue weighted by Gasteiger charge is -2.24. The monoisotopic (exact) mass is 583 g/mol. The van der Waals surface area contributed by atoms with Gasteiger partial charge in [0.2, 0.25) is 0 Å². The van der Waals surface area contributed by atoms with Crippen LogP contribution in [0.3, 0.4) is 0 Å². The Morgan fingerprint density at radius 2 is 1.90 bits per heavy atom. The van der Waals surface area contributed by atoms with Crippen molar-refractivity contribution in [2.24, 2.45) is 4.99 Å². The Hall–Kier alpha value is -4.96. The summed E-state index contributed by atoms with van der Waals surface area (Å²) in [6, 6.07) is 14.5. The zero-order valence-corrected chi connectivity index (χ0v) is 24.0. The van der Waals surface area contributed by atoms with E-state index in [0.717, 1.165) is 5.56 Å². The molecule has 3 heterocycles. The van der Waals surface area contributed by atoms with E-state index in [0.29, 0.717) is 50.0 Å². The van der Waals surface area contributed by atoms with E-state index in [2.05, 4.69) is 11.6 Å². The van der Waals surface area contributed by atoms with Crippen molar-refractivity contribution in [2.75, 3.05) is 13.2 Å². The van der Waals surface area contributed by atoms with Gasteiger partial charge >= 0.3 is 5.97 Å². The minimum Gasteiger partial charge on any atom is -0.545 e. The van der Waals surface area contributed by atoms with Gasteiger partial charge < -0.3 is 23.8 Å². The molecule has 42 heavy (non-hydrogen) atoms. The third-order valence-corrected chi connectivity index (χ3v) is 7.70. The number of nitrogens with zero attached hydrogens (tertiary/aromatic N) is 2. The van der Waals surface area contributed by atoms with Gasteiger partial charge in [0.05, 0.1) is 34.4 Å². The minimum absolute atomic E-state index is 0.0370. The number of carbonyl (C=O) groups is 2. The van der Waals surface area contributed by atoms with Crippen molar-refractivity contribution in [3.8, 4) is 17.1 Å². The summed E-state index contributed by atoms with van der Waals surface area (Å²) in [5.41, 5.74) is 2.54. The lowest BCUT2D eigenvalue weighted by atomic mass is 9.96. The maximum atomic E-state index is 13.9. The van der Waals surface area contributed by atoms with Gasteiger partial charge in [0.1, 0.15) is 23.9 Å². The number of hydrogen-bond donors (Lipinski definition) is 0. The largest absolute Gasteiger partial charge is 0.545 e. The number of carbonyl (C=O) groups excluding carboxylic acids is 2. The zero-order chi connectivity index (χ0) is 30.0. The molecule has 0 fully saturated rings. The number of thiazole rings is 1. The third-order valence-electron chi connectivity index (χ3n) is 6.72. The van der Waals surface area contributed by atoms with Gasteiger partial charge in [0.25, 0.3) is 5.56 Å². The van der Waals surface area contributed by atoms with Crippen molar-refractivity contribution < 1.29 is 28.6 Å². The highest BCUT2D eigenvalue weighted by molar-refractivity contribution is 7.07. The third kappa shape index (κ3) is 5.48. The lowest BCUT2D eigenvalue weighted by molar-refractivity contribution is -0.255. The first-order valence-corrected chi connectivity index (χ1v) is 14.0. The van der Waals surface area contributed by atoms with Gasteiger partial charge in [-0.2, -0.15) is 0 Å². The fraction of sp³-hybridized carbons (Fsp3) is 0.188. The zero-order valence-electron chi connectivity index (χ0n) is 23.2. The molecule has 10 heteroatoms. The van der Waals surface area contributed by atoms with Gasteiger partial charge in [-0.1, -0.05) is 48.3 Å². The van der Waals surface area contributed by atoms with Crippen molar-refractivity contribution >= 4 is 29.4 Å². The van der Waals surface area contributed by atoms with Gasteiger partial charge in [-0.3, -0.25) is 9.36 Å². The fourth-order valence-electron chi connectivity index (χ4n) is 4.73. The van der Waals surface area contributed by atoms with Crippen LogP contribution in [0.4, 0.5) is 0 Å². The minimum atomic E-state index is -1.28. The van der Waals surface area contributed by atoms with E-state index in [1.165, 1.54) is 28.0 Å². The smallest absolute Gasteiger partial charge is 0.338 e. The second kappa shape index (κ2) is 11.9. The van der Waals surface area contributed by atoms with Crippen molar-refractivity contribution in [3.05, 3.63) is 121 Å². The highest BCUT2D eigenvalue weighted by Gasteiger charge is 2.33. The average molecular weight is 584 g/mol. The first kappa shape index (κ1) is 28.6. The molecule has 0 N–H and O–H groups in total. The maximum absolute atomic E-state index is 13.9. The van der Waals surface area contributed by atoms with Crippen LogP contribution in [0.2, 0.25) is 0 Å². The summed E-state index contributed by atoms with van der Waals surface area (Å²) in [7, 11) is 0. The summed E-state index contributed by atoms with van der Waals surface area (Å²) in [5, 5.41) is 11.4. The molecule has 0 amide bonds. The van der Waals surface area contributed by atoms with Crippen LogP contribution >= 0.6 is 11.3 Å². The number of carboxylic acid groups (broad SMARTS) is 1. The Bertz CT molecular complexity index is 1910. The average Bonchev–Trinajstić information content (AvgIpc) is 3.55. The van der Waals surface area contributed by atoms with Crippen LogP contribution < -0.4 is 24.7 Å². The summed E-state index contributed by atoms with van der Waals surface area (Å²) in [4.78, 5) is 43.3. The molecule has 2 aromatic heterocycles. The van der Waals surface area contributed by atoms with Crippen molar-refractivity contribution in [2.45, 2.75) is 26.8 Å². The summed E-state index contributed by atoms with van der Waals surface area (Å²) in [6.45, 7) is 9.46. The summed E-state index contributed by atoms with van der Waals surface area (Å²) >= 11 is 1.18. The van der Waals surface area contributed by atoms with Crippen LogP contribution in [0.15, 0.2) is 92.7 Å². The molecule has 0 radical (unpaired) electrons. The molecule has 9 nitrogen and oxygen atoms in total. The Morgan fingerprint density at radius 1 is 1.14 bits per heavy atom. The number of hydrogen-bond acceptors (Lipinski definition) is 9. The van der Waals surface area contributed by atoms with Crippen molar-refractivity contribution in [1.82, 2.24) is 4.57 Å². The highest BCUT2D eigenvalue weighted by Crippen LogP contribution is 2.32. The number of allylic oxidation sites excluding steroid dienone is 1. The number of esters is 1. The molecular formula is C32H27N2O7S-. The molecule has 214 valence electrons. The Labute approximate surface area is 245 Å². The standard InChI is InChI=1S/C32H28N2O7S/c1-5-15-40-22-11-9-20(10-12-22)28-27(31(38)39-6-2)19(4)33-32-34(28)29(35)26(42-32)17-23-13-14-25(41-23)24-16-21(30(36)37)8-7-18(24)3/h5,7-14,16-17,28H,1,6,15H2,2-4H3,(H,36,37)/p-1/b26-17-/t28-/m0/s1. The van der Waals surface area contributed by atoms with E-state index >= 15 is 0 Å². The van der Waals surface area contributed by atoms with E-state index < -0.39 is 18.0 Å². The van der Waals surface area contributed by atoms with Crippen LogP contribution in [0, 0.1) is 6.92 Å². The number of fused-ring (bicyclic) bond motifs is 1. The van der Waals surface area contributed by atoms with Gasteiger partial charge in [0, 0.05) is 11.6 Å². The molecule has 0 spiro atoms. The molecule has 0 aliphatic carbocycles. The van der Waals surface area contributed by atoms with Crippen LogP contribution in [-0.2, 0) is 9.53 Å². The van der Waals surface area contributed by atoms with Crippen molar-refractivity contribution in [1.29, 1.82) is 0 Å². The van der Waals surface area contributed by atoms with Crippen molar-refractivity contribution in [3.63, 3.8) is 0 Å². The number of rotatable bonds is 9. The predicted octanol–water partition coefficient (Wildman–Crippen LogP) is 3.30. The molecular weight excluding hydrogens is 556 g/mol. The number of benzene rings is 2. The summed E-state index contributed by atoms with van der Waals surface area (Å²) in [5.74, 6) is -0.356. The molecule has 1 atom stereocenters. The van der Waals surface area contributed by atoms with E-state index in [-0.39, 0.29) is 23.3 Å². The first-order valence-electron chi connectivity index (χ1n) is 13.2. The Balaban J connectivity index is 1.60. The first-order chi connectivity index (χ1) is 20.2. The summed E-state index contributed by atoms with van der Waals surface area (Å²) in [6.07, 6.45) is 3.25. The second-order valence-electron chi connectivity index (χ2n) is 9.49. The number of furan rings is 1. The Morgan fingerprint density at radius 3 is 2.60 bits per heavy atom. The maximum Gasteiger partial charge on any atom is 0.338 e. The SMILES string of the molecule is C=CCOc1ccc([C@H]2C(C(=O)OCC)=C(C)N=c3s/c(=C\c4ccc(-c5cc(C(=O)[O-])ccc5C)o4)c(=O)n32)cc1. The number of aryl methyl sites for hydroxylation is 1. The molecule has 1 aliphatic rings. The predicted molar refractivity (Wildman–Crippen MR) is 156 cm³/mol. The van der Waals surface area contributed by atoms with Gasteiger partial charge in [-0.05, 0) is 67.8 Å². The molecule has 0 unspecified atom stereocenters. The van der Waals surface area contributed by atoms with Crippen LogP contribution in [-0.4, -0.2) is 29.7 Å². The quantitative estimate of drug-likeness (QED) is 0.219. The second-order valence-corrected chi connectivity index (χ2v) is 10.5. The van der Waals surface area contributed by atoms with Gasteiger partial charge in [0.15, 0.2) is 4.80 Å². The normalized spacial score (nSPS) is 14.7. The topological polar surface area (TPSA) is 123 Å². The van der Waals surface area contributed by atoms with Gasteiger partial charge in [-0.15, -0.1) is 0 Å². The fourth-order valence-corrected chi connectivity index (χ4v) is 5.75. The van der Waals surface area contributed by atoms with E-state index in [9.17, 15) is 19.5 Å². The van der Waals surface area contributed by atoms with Crippen LogP contribution in [0.1, 0.15) is 47.1 Å². The lowest BCUT2D eigenvalue weighted by Crippen LogP contribution is -2.39. The molecule has 4 aromatic rings. The number of aromatic nitrogens is 1. The number of carboxylic acids is 1. The van der Waals surface area contributed by atoms with Gasteiger partial charge in [-0.25, -0.2) is 9.79 Å². The highest BCUT2D eigenvalue weighted by atomic mass is 32.1. The van der Waals surface area contributed by atoms with E-state index in [1.807, 2.05) is 6.92 Å². The van der Waals surface area contributed by atoms with E-state index in [1.54, 1.807) is 68.5 Å². The number of ether oxygens (including phenoxy) is 2. The Kier molecular flexibility index (Phi) is 8.08.